The molecule has 0 spiro atoms. The van der Waals surface area contributed by atoms with E-state index in [-0.39, 0.29) is 11.5 Å². The Hall–Kier alpha value is -3.72. The molecule has 3 aromatic carbocycles. The van der Waals surface area contributed by atoms with E-state index in [0.29, 0.717) is 28.5 Å². The highest BCUT2D eigenvalue weighted by atomic mass is 79.9. The Bertz CT molecular complexity index is 1190. The van der Waals surface area contributed by atoms with E-state index in [4.69, 9.17) is 14.2 Å². The largest absolute Gasteiger partial charge is 0.493 e. The van der Waals surface area contributed by atoms with E-state index in [9.17, 15) is 9.59 Å². The van der Waals surface area contributed by atoms with Gasteiger partial charge in [-0.2, -0.15) is 0 Å². The van der Waals surface area contributed by atoms with Crippen molar-refractivity contribution in [2.45, 2.75) is 6.17 Å². The van der Waals surface area contributed by atoms with Crippen LogP contribution < -0.4 is 25.0 Å². The first kappa shape index (κ1) is 22.5. The van der Waals surface area contributed by atoms with Gasteiger partial charge in [0.2, 0.25) is 5.75 Å². The lowest BCUT2D eigenvalue weighted by Crippen LogP contribution is -2.53. The van der Waals surface area contributed by atoms with Crippen molar-refractivity contribution in [3.63, 3.8) is 0 Å². The number of nitrogens with one attached hydrogen (secondary N) is 2. The molecule has 3 aromatic rings. The van der Waals surface area contributed by atoms with Gasteiger partial charge in [0.25, 0.3) is 11.8 Å². The summed E-state index contributed by atoms with van der Waals surface area (Å²) in [5.41, 5.74) is 4.90. The lowest BCUT2D eigenvalue weighted by Gasteiger charge is -2.38. The lowest BCUT2D eigenvalue weighted by molar-refractivity contribution is 0.0490. The first-order valence-electron chi connectivity index (χ1n) is 10.0. The van der Waals surface area contributed by atoms with Gasteiger partial charge in [-0.3, -0.25) is 15.0 Å². The molecule has 2 N–H and O–H groups in total. The monoisotopic (exact) mass is 511 g/mol. The number of nitrogens with zero attached hydrogens (tertiary/aromatic N) is 1. The third-order valence-electron chi connectivity index (χ3n) is 5.28. The van der Waals surface area contributed by atoms with E-state index in [1.807, 2.05) is 36.4 Å². The maximum atomic E-state index is 13.4. The van der Waals surface area contributed by atoms with Crippen molar-refractivity contribution < 1.29 is 23.8 Å². The molecule has 8 nitrogen and oxygen atoms in total. The molecule has 0 fully saturated rings. The fourth-order valence-corrected chi connectivity index (χ4v) is 4.17. The molecular formula is C24H22BrN3O5. The summed E-state index contributed by atoms with van der Waals surface area (Å²) in [5.74, 6) is 0.176. The molecule has 2 amide bonds. The molecule has 0 saturated carbocycles. The Kier molecular flexibility index (Phi) is 6.41. The lowest BCUT2D eigenvalue weighted by atomic mass is 10.0. The van der Waals surface area contributed by atoms with Gasteiger partial charge in [-0.05, 0) is 30.3 Å². The van der Waals surface area contributed by atoms with Gasteiger partial charge in [0.1, 0.15) is 6.17 Å². The minimum Gasteiger partial charge on any atom is -0.493 e. The number of carbonyl (C=O) groups is 2. The van der Waals surface area contributed by atoms with Gasteiger partial charge in [0, 0.05) is 21.3 Å². The number of ether oxygens (including phenoxy) is 3. The van der Waals surface area contributed by atoms with Crippen LogP contribution in [0.1, 0.15) is 32.4 Å². The molecule has 1 aliphatic rings. The predicted molar refractivity (Wildman–Crippen MR) is 127 cm³/mol. The zero-order valence-electron chi connectivity index (χ0n) is 18.2. The Labute approximate surface area is 199 Å². The van der Waals surface area contributed by atoms with E-state index >= 15 is 0 Å². The Morgan fingerprint density at radius 1 is 0.970 bits per heavy atom. The van der Waals surface area contributed by atoms with Crippen LogP contribution in [0.4, 0.5) is 5.69 Å². The normalized spacial score (nSPS) is 14.7. The van der Waals surface area contributed by atoms with Gasteiger partial charge in [0.15, 0.2) is 11.5 Å². The summed E-state index contributed by atoms with van der Waals surface area (Å²) >= 11 is 3.55. The van der Waals surface area contributed by atoms with Crippen LogP contribution in [0, 0.1) is 0 Å². The minimum absolute atomic E-state index is 0.238. The quantitative estimate of drug-likeness (QED) is 0.510. The molecule has 0 radical (unpaired) electrons. The number of rotatable bonds is 6. The van der Waals surface area contributed by atoms with Gasteiger partial charge in [-0.1, -0.05) is 46.3 Å². The van der Waals surface area contributed by atoms with Crippen LogP contribution in [0.15, 0.2) is 65.1 Å². The number of methoxy groups -OCH3 is 3. The first-order chi connectivity index (χ1) is 16.0. The van der Waals surface area contributed by atoms with E-state index in [2.05, 4.69) is 26.7 Å². The highest BCUT2D eigenvalue weighted by molar-refractivity contribution is 9.10. The predicted octanol–water partition coefficient (Wildman–Crippen LogP) is 4.39. The van der Waals surface area contributed by atoms with Crippen molar-refractivity contribution in [3.05, 3.63) is 81.8 Å². The number of carbonyl (C=O) groups excluding carboxylic acids is 2. The van der Waals surface area contributed by atoms with Crippen molar-refractivity contribution in [1.29, 1.82) is 0 Å². The number of hydrogen-bond acceptors (Lipinski definition) is 6. The van der Waals surface area contributed by atoms with Crippen LogP contribution in [0.25, 0.3) is 0 Å². The van der Waals surface area contributed by atoms with Gasteiger partial charge in [-0.25, -0.2) is 5.01 Å². The summed E-state index contributed by atoms with van der Waals surface area (Å²) in [6.45, 7) is 0. The van der Waals surface area contributed by atoms with Crippen LogP contribution in [-0.2, 0) is 0 Å². The highest BCUT2D eigenvalue weighted by Crippen LogP contribution is 2.39. The number of fused-ring (bicyclic) bond motifs is 1. The van der Waals surface area contributed by atoms with Crippen molar-refractivity contribution in [3.8, 4) is 17.2 Å². The van der Waals surface area contributed by atoms with Gasteiger partial charge in [-0.15, -0.1) is 0 Å². The molecule has 0 bridgehead atoms. The molecule has 1 unspecified atom stereocenters. The molecule has 4 rings (SSSR count). The summed E-state index contributed by atoms with van der Waals surface area (Å²) in [6, 6.07) is 17.7. The molecule has 0 aliphatic carbocycles. The van der Waals surface area contributed by atoms with Crippen molar-refractivity contribution in [1.82, 2.24) is 10.4 Å². The van der Waals surface area contributed by atoms with Gasteiger partial charge in [0.05, 0.1) is 26.9 Å². The van der Waals surface area contributed by atoms with Crippen LogP contribution in [-0.4, -0.2) is 38.2 Å². The van der Waals surface area contributed by atoms with E-state index in [1.165, 1.54) is 38.5 Å². The topological polar surface area (TPSA) is 89.1 Å². The highest BCUT2D eigenvalue weighted by Gasteiger charge is 2.35. The molecule has 33 heavy (non-hydrogen) atoms. The summed E-state index contributed by atoms with van der Waals surface area (Å²) in [6.07, 6.45) is -0.644. The second kappa shape index (κ2) is 9.41. The number of halogens is 1. The Morgan fingerprint density at radius 2 is 1.61 bits per heavy atom. The van der Waals surface area contributed by atoms with E-state index in [1.54, 1.807) is 12.1 Å². The fourth-order valence-electron chi connectivity index (χ4n) is 3.67. The fraction of sp³-hybridized carbons (Fsp3) is 0.167. The molecular weight excluding hydrogens is 490 g/mol. The zero-order chi connectivity index (χ0) is 23.5. The molecule has 170 valence electrons. The average molecular weight is 512 g/mol. The number of anilines is 1. The maximum absolute atomic E-state index is 13.4. The first-order valence-corrected chi connectivity index (χ1v) is 10.8. The number of hydrogen-bond donors (Lipinski definition) is 2. The zero-order valence-corrected chi connectivity index (χ0v) is 19.8. The summed E-state index contributed by atoms with van der Waals surface area (Å²) < 4.78 is 16.8. The van der Waals surface area contributed by atoms with Crippen molar-refractivity contribution in [2.24, 2.45) is 0 Å². The summed E-state index contributed by atoms with van der Waals surface area (Å²) in [5, 5.41) is 4.63. The van der Waals surface area contributed by atoms with Gasteiger partial charge >= 0.3 is 0 Å². The number of amides is 2. The number of para-hydroxylation sites is 1. The third kappa shape index (κ3) is 4.19. The maximum Gasteiger partial charge on any atom is 0.276 e. The third-order valence-corrected chi connectivity index (χ3v) is 6.00. The number of benzene rings is 3. The molecule has 0 aromatic heterocycles. The van der Waals surface area contributed by atoms with Crippen LogP contribution in [0.5, 0.6) is 17.2 Å². The SMILES string of the molecule is COc1cc(C(=O)NN2C(=O)c3ccccc3NC2c2ccccc2Br)cc(OC)c1OC. The molecule has 9 heteroatoms. The second-order valence-electron chi connectivity index (χ2n) is 7.14. The summed E-state index contributed by atoms with van der Waals surface area (Å²) in [7, 11) is 4.42. The molecule has 1 aliphatic heterocycles. The minimum atomic E-state index is -0.644. The Balaban J connectivity index is 1.74. The van der Waals surface area contributed by atoms with Crippen molar-refractivity contribution in [2.75, 3.05) is 26.6 Å². The average Bonchev–Trinajstić information content (AvgIpc) is 2.85. The molecule has 0 saturated heterocycles. The van der Waals surface area contributed by atoms with Crippen molar-refractivity contribution >= 4 is 33.4 Å². The van der Waals surface area contributed by atoms with Gasteiger partial charge < -0.3 is 19.5 Å². The van der Waals surface area contributed by atoms with E-state index in [0.717, 1.165) is 10.0 Å². The smallest absolute Gasteiger partial charge is 0.276 e. The number of hydrazine groups is 1. The molecule has 1 atom stereocenters. The van der Waals surface area contributed by atoms with E-state index < -0.39 is 12.1 Å². The Morgan fingerprint density at radius 3 is 2.24 bits per heavy atom. The van der Waals surface area contributed by atoms with Crippen LogP contribution in [0.2, 0.25) is 0 Å². The van der Waals surface area contributed by atoms with Crippen LogP contribution >= 0.6 is 15.9 Å². The second-order valence-corrected chi connectivity index (χ2v) is 8.00. The summed E-state index contributed by atoms with van der Waals surface area (Å²) in [4.78, 5) is 26.7. The van der Waals surface area contributed by atoms with Crippen LogP contribution in [0.3, 0.4) is 0 Å². The standard InChI is InChI=1S/C24H22BrN3O5/c1-31-19-12-14(13-20(32-2)21(19)33-3)23(29)27-28-22(15-8-4-6-10-17(15)25)26-18-11-7-5-9-16(18)24(28)30/h4-13,22,26H,1-3H3,(H,27,29). The molecule has 1 heterocycles.